The van der Waals surface area contributed by atoms with Gasteiger partial charge < -0.3 is 10.1 Å². The first-order valence-electron chi connectivity index (χ1n) is 5.17. The van der Waals surface area contributed by atoms with Crippen molar-refractivity contribution in [2.24, 2.45) is 0 Å². The Morgan fingerprint density at radius 2 is 2.22 bits per heavy atom. The van der Waals surface area contributed by atoms with Crippen LogP contribution in [0.5, 0.6) is 0 Å². The van der Waals surface area contributed by atoms with E-state index in [1.165, 1.54) is 0 Å². The Labute approximate surface area is 100 Å². The first kappa shape index (κ1) is 10.4. The van der Waals surface area contributed by atoms with Crippen molar-refractivity contribution >= 4 is 17.0 Å². The molecule has 0 aliphatic carbocycles. The zero-order valence-electron chi connectivity index (χ0n) is 9.08. The van der Waals surface area contributed by atoms with Crippen LogP contribution in [0, 0.1) is 0 Å². The number of carbonyl (C=O) groups is 1. The van der Waals surface area contributed by atoms with E-state index in [2.05, 4.69) is 30.6 Å². The van der Waals surface area contributed by atoms with Gasteiger partial charge in [0, 0.05) is 0 Å². The molecule has 8 nitrogen and oxygen atoms in total. The molecule has 3 rings (SSSR count). The lowest BCUT2D eigenvalue weighted by molar-refractivity contribution is -0.136. The van der Waals surface area contributed by atoms with Crippen LogP contribution < -0.4 is 0 Å². The van der Waals surface area contributed by atoms with Crippen LogP contribution in [0.25, 0.3) is 22.7 Å². The molecule has 0 aliphatic rings. The number of aliphatic carboxylic acids is 1. The first-order chi connectivity index (χ1) is 8.74. The number of nitrogens with one attached hydrogen (secondary N) is 2. The van der Waals surface area contributed by atoms with Crippen molar-refractivity contribution in [3.63, 3.8) is 0 Å². The molecule has 0 radical (unpaired) electrons. The van der Waals surface area contributed by atoms with Gasteiger partial charge in [0.1, 0.15) is 0 Å². The lowest BCUT2D eigenvalue weighted by Crippen LogP contribution is -2.00. The number of aromatic amines is 2. The number of nitrogens with zero attached hydrogens (tertiary/aromatic N) is 4. The largest absolute Gasteiger partial charge is 0.481 e. The second kappa shape index (κ2) is 3.91. The summed E-state index contributed by atoms with van der Waals surface area (Å²) in [7, 11) is 0. The van der Waals surface area contributed by atoms with Gasteiger partial charge in [-0.25, -0.2) is 10.1 Å². The van der Waals surface area contributed by atoms with Crippen LogP contribution in [-0.4, -0.2) is 41.7 Å². The van der Waals surface area contributed by atoms with Gasteiger partial charge in [-0.2, -0.15) is 0 Å². The van der Waals surface area contributed by atoms with Crippen molar-refractivity contribution < 1.29 is 9.90 Å². The second-order valence-corrected chi connectivity index (χ2v) is 3.72. The summed E-state index contributed by atoms with van der Waals surface area (Å²) < 4.78 is 0. The van der Waals surface area contributed by atoms with Gasteiger partial charge in [-0.05, 0) is 22.1 Å². The Hall–Kier alpha value is -2.77. The number of tetrazole rings is 1. The predicted molar refractivity (Wildman–Crippen MR) is 60.6 cm³/mol. The summed E-state index contributed by atoms with van der Waals surface area (Å²) in [5.41, 5.74) is 2.02. The van der Waals surface area contributed by atoms with Crippen molar-refractivity contribution in [3.8, 4) is 11.6 Å². The van der Waals surface area contributed by atoms with Gasteiger partial charge in [-0.3, -0.25) is 4.79 Å². The average molecular weight is 244 g/mol. The molecule has 0 atom stereocenters. The Kier molecular flexibility index (Phi) is 2.26. The van der Waals surface area contributed by atoms with Crippen LogP contribution in [0.3, 0.4) is 0 Å². The number of carboxylic acid groups (broad SMARTS) is 1. The summed E-state index contributed by atoms with van der Waals surface area (Å²) >= 11 is 0. The highest BCUT2D eigenvalue weighted by Gasteiger charge is 2.12. The first-order valence-corrected chi connectivity index (χ1v) is 5.17. The van der Waals surface area contributed by atoms with E-state index in [4.69, 9.17) is 5.11 Å². The third-order valence-electron chi connectivity index (χ3n) is 2.51. The van der Waals surface area contributed by atoms with Gasteiger partial charge in [0.2, 0.25) is 5.82 Å². The minimum absolute atomic E-state index is 0.0731. The lowest BCUT2D eigenvalue weighted by atomic mass is 10.1. The summed E-state index contributed by atoms with van der Waals surface area (Å²) in [5.74, 6) is -0.00584. The summed E-state index contributed by atoms with van der Waals surface area (Å²) in [6.07, 6.45) is -0.0731. The van der Waals surface area contributed by atoms with Crippen molar-refractivity contribution in [3.05, 3.63) is 23.8 Å². The topological polar surface area (TPSA) is 120 Å². The van der Waals surface area contributed by atoms with Crippen LogP contribution >= 0.6 is 0 Å². The molecular weight excluding hydrogens is 236 g/mol. The van der Waals surface area contributed by atoms with Crippen LogP contribution in [0.4, 0.5) is 0 Å². The van der Waals surface area contributed by atoms with Gasteiger partial charge in [0.05, 0.1) is 17.5 Å². The fourth-order valence-electron chi connectivity index (χ4n) is 1.77. The maximum Gasteiger partial charge on any atom is 0.307 e. The fraction of sp³-hybridized carbons (Fsp3) is 0.100. The number of aromatic nitrogens is 6. The van der Waals surface area contributed by atoms with E-state index in [-0.39, 0.29) is 6.42 Å². The van der Waals surface area contributed by atoms with E-state index < -0.39 is 5.97 Å². The van der Waals surface area contributed by atoms with Gasteiger partial charge in [-0.15, -0.1) is 5.10 Å². The highest BCUT2D eigenvalue weighted by molar-refractivity contribution is 5.85. The molecule has 0 fully saturated rings. The zero-order chi connectivity index (χ0) is 12.5. The average Bonchev–Trinajstić information content (AvgIpc) is 2.97. The number of fused-ring (bicyclic) bond motifs is 1. The summed E-state index contributed by atoms with van der Waals surface area (Å²) in [6, 6.07) is 5.34. The molecule has 0 saturated heterocycles. The predicted octanol–water partition coefficient (Wildman–Crippen LogP) is 0.370. The highest BCUT2D eigenvalue weighted by atomic mass is 16.4. The monoisotopic (exact) mass is 244 g/mol. The van der Waals surface area contributed by atoms with Gasteiger partial charge >= 0.3 is 5.97 Å². The van der Waals surface area contributed by atoms with Crippen LogP contribution in [0.1, 0.15) is 5.56 Å². The molecule has 0 bridgehead atoms. The Morgan fingerprint density at radius 1 is 1.33 bits per heavy atom. The Bertz CT molecular complexity index is 702. The summed E-state index contributed by atoms with van der Waals surface area (Å²) in [4.78, 5) is 18.1. The molecule has 3 aromatic rings. The summed E-state index contributed by atoms with van der Waals surface area (Å²) in [6.45, 7) is 0. The normalized spacial score (nSPS) is 10.9. The van der Waals surface area contributed by atoms with E-state index in [0.717, 1.165) is 5.52 Å². The highest BCUT2D eigenvalue weighted by Crippen LogP contribution is 2.20. The minimum Gasteiger partial charge on any atom is -0.481 e. The van der Waals surface area contributed by atoms with Crippen molar-refractivity contribution in [1.82, 2.24) is 30.6 Å². The van der Waals surface area contributed by atoms with E-state index in [0.29, 0.717) is 22.7 Å². The molecule has 8 heteroatoms. The van der Waals surface area contributed by atoms with Crippen LogP contribution in [-0.2, 0) is 11.2 Å². The van der Waals surface area contributed by atoms with E-state index >= 15 is 0 Å². The maximum atomic E-state index is 10.8. The van der Waals surface area contributed by atoms with Gasteiger partial charge in [0.15, 0.2) is 5.82 Å². The van der Waals surface area contributed by atoms with Gasteiger partial charge in [-0.1, -0.05) is 12.1 Å². The third kappa shape index (κ3) is 1.69. The second-order valence-electron chi connectivity index (χ2n) is 3.72. The van der Waals surface area contributed by atoms with Crippen molar-refractivity contribution in [1.29, 1.82) is 0 Å². The van der Waals surface area contributed by atoms with Crippen molar-refractivity contribution in [2.45, 2.75) is 6.42 Å². The molecule has 0 amide bonds. The molecule has 18 heavy (non-hydrogen) atoms. The van der Waals surface area contributed by atoms with Crippen LogP contribution in [0.2, 0.25) is 0 Å². The molecule has 3 N–H and O–H groups in total. The van der Waals surface area contributed by atoms with E-state index in [9.17, 15) is 4.79 Å². The Balaban J connectivity index is 2.14. The molecule has 0 aliphatic heterocycles. The molecule has 2 heterocycles. The number of hydrogen-bond donors (Lipinski definition) is 3. The van der Waals surface area contributed by atoms with E-state index in [1.807, 2.05) is 6.07 Å². The SMILES string of the molecule is O=C(O)Cc1cccc2[nH]c(-c3nnn[nH]3)nc12. The lowest BCUT2D eigenvalue weighted by Gasteiger charge is -1.96. The summed E-state index contributed by atoms with van der Waals surface area (Å²) in [5, 5.41) is 22.1. The standard InChI is InChI=1S/C10H8N6O2/c17-7(18)4-5-2-1-3-6-8(5)12-9(11-6)10-13-15-16-14-10/h1-3H,4H2,(H,11,12)(H,17,18)(H,13,14,15,16). The minimum atomic E-state index is -0.895. The molecule has 2 aromatic heterocycles. The number of hydrogen-bond acceptors (Lipinski definition) is 5. The maximum absolute atomic E-state index is 10.8. The number of rotatable bonds is 3. The number of para-hydroxylation sites is 1. The molecular formula is C10H8N6O2. The molecule has 0 unspecified atom stereocenters. The van der Waals surface area contributed by atoms with Crippen molar-refractivity contribution in [2.75, 3.05) is 0 Å². The zero-order valence-corrected chi connectivity index (χ0v) is 9.08. The Morgan fingerprint density at radius 3 is 2.94 bits per heavy atom. The number of benzene rings is 1. The molecule has 1 aromatic carbocycles. The van der Waals surface area contributed by atoms with Gasteiger partial charge in [0.25, 0.3) is 0 Å². The number of imidazole rings is 1. The molecule has 90 valence electrons. The van der Waals surface area contributed by atoms with E-state index in [1.54, 1.807) is 12.1 Å². The van der Waals surface area contributed by atoms with Crippen LogP contribution in [0.15, 0.2) is 18.2 Å². The molecule has 0 saturated carbocycles. The quantitative estimate of drug-likeness (QED) is 0.612. The third-order valence-corrected chi connectivity index (χ3v) is 2.51. The number of H-pyrrole nitrogens is 2. The fourth-order valence-corrected chi connectivity index (χ4v) is 1.77. The smallest absolute Gasteiger partial charge is 0.307 e. The molecule has 0 spiro atoms. The number of carboxylic acids is 1.